The van der Waals surface area contributed by atoms with Crippen molar-refractivity contribution in [2.24, 2.45) is 0 Å². The van der Waals surface area contributed by atoms with E-state index in [0.717, 1.165) is 11.1 Å². The van der Waals surface area contributed by atoms with Crippen molar-refractivity contribution in [1.29, 1.82) is 0 Å². The van der Waals surface area contributed by atoms with Crippen LogP contribution in [-0.2, 0) is 12.8 Å². The molecule has 41 heavy (non-hydrogen) atoms. The molecule has 0 spiro atoms. The molecule has 0 radical (unpaired) electrons. The van der Waals surface area contributed by atoms with Gasteiger partial charge in [-0.05, 0) is 48.2 Å². The Morgan fingerprint density at radius 1 is 0.707 bits per heavy atom. The van der Waals surface area contributed by atoms with Gasteiger partial charge in [-0.1, -0.05) is 12.1 Å². The Morgan fingerprint density at radius 3 is 1.80 bits per heavy atom. The van der Waals surface area contributed by atoms with Crippen molar-refractivity contribution >= 4 is 35.7 Å². The monoisotopic (exact) mass is 564 g/mol. The SMILES string of the molecule is CNc1nc(N)nc(N(C)CCc2ccc(ONc3nc(N)nc(N(C)CCc4ccc(O)c(O)c4)n3)c(O)c2)n1. The molecule has 0 amide bonds. The zero-order valence-corrected chi connectivity index (χ0v) is 22.8. The minimum atomic E-state index is -0.185. The maximum absolute atomic E-state index is 10.5. The molecule has 4 aromatic rings. The van der Waals surface area contributed by atoms with Crippen molar-refractivity contribution in [3.63, 3.8) is 0 Å². The van der Waals surface area contributed by atoms with Crippen molar-refractivity contribution in [2.75, 3.05) is 66.3 Å². The Hall–Kier alpha value is -5.54. The lowest BCUT2D eigenvalue weighted by Crippen LogP contribution is -2.24. The lowest BCUT2D eigenvalue weighted by atomic mass is 10.1. The molecule has 0 unspecified atom stereocenters. The first kappa shape index (κ1) is 28.5. The molecule has 0 aliphatic carbocycles. The van der Waals surface area contributed by atoms with Gasteiger partial charge in [-0.2, -0.15) is 35.4 Å². The van der Waals surface area contributed by atoms with E-state index < -0.39 is 0 Å². The van der Waals surface area contributed by atoms with Crippen LogP contribution in [0, 0.1) is 0 Å². The first-order valence-electron chi connectivity index (χ1n) is 12.5. The first-order valence-corrected chi connectivity index (χ1v) is 12.5. The van der Waals surface area contributed by atoms with Crippen LogP contribution in [0.5, 0.6) is 23.0 Å². The third kappa shape index (κ3) is 7.53. The summed E-state index contributed by atoms with van der Waals surface area (Å²) < 4.78 is 0. The van der Waals surface area contributed by atoms with E-state index in [1.54, 1.807) is 37.2 Å². The van der Waals surface area contributed by atoms with Crippen molar-refractivity contribution < 1.29 is 20.2 Å². The van der Waals surface area contributed by atoms with Crippen molar-refractivity contribution in [3.05, 3.63) is 47.5 Å². The fourth-order valence-electron chi connectivity index (χ4n) is 3.68. The summed E-state index contributed by atoms with van der Waals surface area (Å²) in [6, 6.07) is 9.66. The third-order valence-electron chi connectivity index (χ3n) is 5.98. The Kier molecular flexibility index (Phi) is 8.71. The van der Waals surface area contributed by atoms with Gasteiger partial charge in [0.1, 0.15) is 0 Å². The predicted octanol–water partition coefficient (Wildman–Crippen LogP) is 1.14. The number of nitrogens with one attached hydrogen (secondary N) is 2. The molecule has 16 nitrogen and oxygen atoms in total. The van der Waals surface area contributed by atoms with Gasteiger partial charge in [0, 0.05) is 34.2 Å². The lowest BCUT2D eigenvalue weighted by molar-refractivity contribution is 0.363. The molecule has 216 valence electrons. The van der Waals surface area contributed by atoms with Crippen LogP contribution in [0.1, 0.15) is 11.1 Å². The van der Waals surface area contributed by atoms with Crippen LogP contribution in [0.3, 0.4) is 0 Å². The highest BCUT2D eigenvalue weighted by Crippen LogP contribution is 2.28. The number of hydrogen-bond acceptors (Lipinski definition) is 16. The second-order valence-electron chi connectivity index (χ2n) is 9.06. The number of phenolic OH excluding ortho intramolecular Hbond substituents is 3. The van der Waals surface area contributed by atoms with Crippen LogP contribution < -0.4 is 36.9 Å². The fraction of sp³-hybridized carbons (Fsp3) is 0.280. The molecule has 4 rings (SSSR count). The van der Waals surface area contributed by atoms with Crippen LogP contribution in [0.25, 0.3) is 0 Å². The van der Waals surface area contributed by atoms with Gasteiger partial charge < -0.3 is 46.7 Å². The van der Waals surface area contributed by atoms with E-state index in [1.165, 1.54) is 12.1 Å². The van der Waals surface area contributed by atoms with Crippen LogP contribution in [0.2, 0.25) is 0 Å². The topological polar surface area (TPSA) is 230 Å². The molecule has 2 aromatic carbocycles. The summed E-state index contributed by atoms with van der Waals surface area (Å²) in [4.78, 5) is 34.0. The summed E-state index contributed by atoms with van der Waals surface area (Å²) in [6.45, 7) is 1.04. The molecule has 9 N–H and O–H groups in total. The molecule has 0 fully saturated rings. The second kappa shape index (κ2) is 12.5. The standard InChI is InChI=1S/C25H32N12O4/c1-28-22-29-20(26)31-24(33-22)36(2)11-9-15-5-7-19(18(40)13-15)41-35-23-30-21(27)32-25(34-23)37(3)10-8-14-4-6-16(38)17(39)12-14/h4-7,12-13,38-40H,8-11H2,1-3H3,(H3,26,28,29,31,33)(H3,27,30,32,34,35). The van der Waals surface area contributed by atoms with Crippen molar-refractivity contribution in [1.82, 2.24) is 29.9 Å². The van der Waals surface area contributed by atoms with Gasteiger partial charge in [-0.15, -0.1) is 0 Å². The highest BCUT2D eigenvalue weighted by atomic mass is 16.7. The Bertz CT molecular complexity index is 1510. The number of benzene rings is 2. The quantitative estimate of drug-likeness (QED) is 0.0944. The zero-order chi connectivity index (χ0) is 29.5. The molecule has 16 heteroatoms. The maximum Gasteiger partial charge on any atom is 0.263 e. The largest absolute Gasteiger partial charge is 0.504 e. The van der Waals surface area contributed by atoms with Gasteiger partial charge in [0.15, 0.2) is 23.0 Å². The zero-order valence-electron chi connectivity index (χ0n) is 22.8. The maximum atomic E-state index is 10.5. The molecule has 0 aliphatic heterocycles. The van der Waals surface area contributed by atoms with Gasteiger partial charge in [-0.3, -0.25) is 0 Å². The van der Waals surface area contributed by atoms with E-state index in [1.807, 2.05) is 18.0 Å². The van der Waals surface area contributed by atoms with E-state index in [0.29, 0.717) is 37.8 Å². The predicted molar refractivity (Wildman–Crippen MR) is 154 cm³/mol. The molecule has 2 heterocycles. The average molecular weight is 565 g/mol. The number of nitrogens with two attached hydrogens (primary N) is 2. The molecule has 0 saturated carbocycles. The molecule has 0 bridgehead atoms. The number of rotatable bonds is 12. The second-order valence-corrected chi connectivity index (χ2v) is 9.06. The number of hydrogen-bond donors (Lipinski definition) is 7. The van der Waals surface area contributed by atoms with Gasteiger partial charge in [0.25, 0.3) is 5.95 Å². The minimum Gasteiger partial charge on any atom is -0.504 e. The summed E-state index contributed by atoms with van der Waals surface area (Å²) in [7, 11) is 5.30. The van der Waals surface area contributed by atoms with Crippen LogP contribution in [0.4, 0.5) is 35.7 Å². The Labute approximate surface area is 235 Å². The van der Waals surface area contributed by atoms with Crippen LogP contribution in [0.15, 0.2) is 36.4 Å². The fourth-order valence-corrected chi connectivity index (χ4v) is 3.68. The highest BCUT2D eigenvalue weighted by molar-refractivity contribution is 5.46. The highest BCUT2D eigenvalue weighted by Gasteiger charge is 2.13. The lowest BCUT2D eigenvalue weighted by Gasteiger charge is -2.18. The molecular formula is C25H32N12O4. The van der Waals surface area contributed by atoms with E-state index in [9.17, 15) is 15.3 Å². The molecule has 0 atom stereocenters. The van der Waals surface area contributed by atoms with Gasteiger partial charge in [-0.25, -0.2) is 0 Å². The summed E-state index contributed by atoms with van der Waals surface area (Å²) in [5, 5.41) is 32.5. The number of nitrogens with zero attached hydrogens (tertiary/aromatic N) is 8. The summed E-state index contributed by atoms with van der Waals surface area (Å²) >= 11 is 0. The van der Waals surface area contributed by atoms with Crippen molar-refractivity contribution in [2.45, 2.75) is 12.8 Å². The number of nitrogen functional groups attached to an aromatic ring is 2. The Balaban J connectivity index is 1.33. The Morgan fingerprint density at radius 2 is 1.24 bits per heavy atom. The van der Waals surface area contributed by atoms with E-state index in [2.05, 4.69) is 40.7 Å². The van der Waals surface area contributed by atoms with Gasteiger partial charge in [0.2, 0.25) is 29.7 Å². The number of likely N-dealkylation sites (N-methyl/N-ethyl adjacent to an activating group) is 2. The van der Waals surface area contributed by atoms with E-state index in [-0.39, 0.29) is 46.8 Å². The summed E-state index contributed by atoms with van der Waals surface area (Å²) in [5.74, 6) is 0.936. The number of anilines is 6. The van der Waals surface area contributed by atoms with Crippen molar-refractivity contribution in [3.8, 4) is 23.0 Å². The first-order chi connectivity index (χ1) is 19.6. The van der Waals surface area contributed by atoms with Crippen LogP contribution in [-0.4, -0.2) is 79.5 Å². The summed E-state index contributed by atoms with van der Waals surface area (Å²) in [6.07, 6.45) is 1.13. The number of phenols is 3. The van der Waals surface area contributed by atoms with Gasteiger partial charge >= 0.3 is 0 Å². The normalized spacial score (nSPS) is 10.7. The summed E-state index contributed by atoms with van der Waals surface area (Å²) in [5.41, 5.74) is 15.9. The van der Waals surface area contributed by atoms with E-state index in [4.69, 9.17) is 16.3 Å². The molecule has 0 saturated heterocycles. The number of aromatic hydroxyl groups is 3. The van der Waals surface area contributed by atoms with E-state index >= 15 is 0 Å². The molecular weight excluding hydrogens is 532 g/mol. The average Bonchev–Trinajstić information content (AvgIpc) is 2.95. The van der Waals surface area contributed by atoms with Gasteiger partial charge in [0.05, 0.1) is 0 Å². The molecule has 0 aliphatic rings. The third-order valence-corrected chi connectivity index (χ3v) is 5.98. The smallest absolute Gasteiger partial charge is 0.263 e. The molecule has 2 aromatic heterocycles. The minimum absolute atomic E-state index is 0.0271. The van der Waals surface area contributed by atoms with Crippen LogP contribution >= 0.6 is 0 Å². The number of aromatic nitrogens is 6.